The van der Waals surface area contributed by atoms with E-state index in [1.807, 2.05) is 0 Å². The van der Waals surface area contributed by atoms with Gasteiger partial charge in [0.2, 0.25) is 5.91 Å². The highest BCUT2D eigenvalue weighted by molar-refractivity contribution is 5.94. The molecule has 4 rings (SSSR count). The van der Waals surface area contributed by atoms with Crippen molar-refractivity contribution in [3.8, 4) is 5.82 Å². The van der Waals surface area contributed by atoms with E-state index in [9.17, 15) is 14.0 Å². The molecular weight excluding hydrogens is 363 g/mol. The van der Waals surface area contributed by atoms with Crippen LogP contribution in [0.5, 0.6) is 0 Å². The van der Waals surface area contributed by atoms with Gasteiger partial charge in [0.25, 0.3) is 5.91 Å². The highest BCUT2D eigenvalue weighted by Crippen LogP contribution is 2.16. The van der Waals surface area contributed by atoms with Crippen molar-refractivity contribution < 1.29 is 14.0 Å². The summed E-state index contributed by atoms with van der Waals surface area (Å²) in [7, 11) is 0. The van der Waals surface area contributed by atoms with Crippen molar-refractivity contribution in [1.82, 2.24) is 30.0 Å². The fraction of sp³-hybridized carbons (Fsp3) is 0.211. The van der Waals surface area contributed by atoms with Crippen molar-refractivity contribution in [3.63, 3.8) is 0 Å². The lowest BCUT2D eigenvalue weighted by Crippen LogP contribution is -2.37. The first-order valence-electron chi connectivity index (χ1n) is 8.72. The fourth-order valence-electron chi connectivity index (χ4n) is 3.14. The zero-order valence-electron chi connectivity index (χ0n) is 14.8. The lowest BCUT2D eigenvalue weighted by atomic mass is 10.2. The van der Waals surface area contributed by atoms with Gasteiger partial charge in [-0.2, -0.15) is 0 Å². The van der Waals surface area contributed by atoms with Crippen molar-refractivity contribution >= 4 is 11.8 Å². The van der Waals surface area contributed by atoms with Gasteiger partial charge in [-0.25, -0.2) is 9.37 Å². The predicted octanol–water partition coefficient (Wildman–Crippen LogP) is 1.33. The van der Waals surface area contributed by atoms with Gasteiger partial charge in [-0.1, -0.05) is 12.1 Å². The van der Waals surface area contributed by atoms with Crippen LogP contribution in [-0.4, -0.2) is 49.0 Å². The summed E-state index contributed by atoms with van der Waals surface area (Å²) in [6.45, 7) is 0.700. The molecule has 1 aliphatic heterocycles. The molecule has 3 heterocycles. The highest BCUT2D eigenvalue weighted by atomic mass is 19.1. The first-order valence-corrected chi connectivity index (χ1v) is 8.72. The Bertz CT molecular complexity index is 990. The first kappa shape index (κ1) is 17.8. The van der Waals surface area contributed by atoms with Crippen molar-refractivity contribution in [3.05, 3.63) is 72.2 Å². The lowest BCUT2D eigenvalue weighted by molar-refractivity contribution is -0.128. The average Bonchev–Trinajstić information content (AvgIpc) is 3.32. The Balaban J connectivity index is 1.36. The quantitative estimate of drug-likeness (QED) is 0.721. The minimum atomic E-state index is -0.337. The lowest BCUT2D eigenvalue weighted by Gasteiger charge is -2.17. The third-order valence-electron chi connectivity index (χ3n) is 4.51. The Morgan fingerprint density at radius 2 is 2.04 bits per heavy atom. The number of amides is 2. The maximum absolute atomic E-state index is 13.3. The van der Waals surface area contributed by atoms with Gasteiger partial charge < -0.3 is 10.2 Å². The van der Waals surface area contributed by atoms with Crippen molar-refractivity contribution in [1.29, 1.82) is 0 Å². The van der Waals surface area contributed by atoms with Crippen LogP contribution in [0.15, 0.2) is 55.2 Å². The van der Waals surface area contributed by atoms with Crippen molar-refractivity contribution in [2.45, 2.75) is 19.0 Å². The van der Waals surface area contributed by atoms with Crippen LogP contribution in [0.2, 0.25) is 0 Å². The fourth-order valence-corrected chi connectivity index (χ4v) is 3.14. The van der Waals surface area contributed by atoms with Gasteiger partial charge in [0, 0.05) is 25.7 Å². The number of hydrogen-bond acceptors (Lipinski definition) is 5. The second-order valence-electron chi connectivity index (χ2n) is 6.55. The van der Waals surface area contributed by atoms with Crippen LogP contribution in [0.3, 0.4) is 0 Å². The number of halogens is 1. The van der Waals surface area contributed by atoms with E-state index in [-0.39, 0.29) is 30.1 Å². The third-order valence-corrected chi connectivity index (χ3v) is 4.51. The van der Waals surface area contributed by atoms with E-state index in [0.29, 0.717) is 30.0 Å². The van der Waals surface area contributed by atoms with E-state index in [1.54, 1.807) is 33.7 Å². The average molecular weight is 380 g/mol. The molecule has 2 aromatic heterocycles. The van der Waals surface area contributed by atoms with Gasteiger partial charge >= 0.3 is 0 Å². The molecule has 0 radical (unpaired) electrons. The Hall–Kier alpha value is -3.62. The summed E-state index contributed by atoms with van der Waals surface area (Å²) in [4.78, 5) is 30.5. The normalized spacial score (nSPS) is 16.4. The number of benzene rings is 1. The van der Waals surface area contributed by atoms with Gasteiger partial charge in [-0.3, -0.25) is 14.2 Å². The number of hydrogen-bond donors (Lipinski definition) is 1. The van der Waals surface area contributed by atoms with E-state index in [2.05, 4.69) is 20.5 Å². The molecule has 1 aliphatic rings. The SMILES string of the molecule is O=C(NC1CC(=O)N(Cc2cccc(F)c2)C1)c1ccc(-n2cnnc2)nc1. The molecule has 0 saturated carbocycles. The predicted molar refractivity (Wildman–Crippen MR) is 96.8 cm³/mol. The zero-order chi connectivity index (χ0) is 19.5. The molecule has 2 amide bonds. The van der Waals surface area contributed by atoms with E-state index in [0.717, 1.165) is 0 Å². The van der Waals surface area contributed by atoms with Crippen LogP contribution in [-0.2, 0) is 11.3 Å². The second-order valence-corrected chi connectivity index (χ2v) is 6.55. The molecule has 1 atom stereocenters. The van der Waals surface area contributed by atoms with Gasteiger partial charge in [0.05, 0.1) is 11.6 Å². The van der Waals surface area contributed by atoms with Crippen LogP contribution in [0.25, 0.3) is 5.82 Å². The van der Waals surface area contributed by atoms with Crippen LogP contribution in [0.4, 0.5) is 4.39 Å². The Kier molecular flexibility index (Phi) is 4.79. The zero-order valence-corrected chi connectivity index (χ0v) is 14.8. The molecular formula is C19H17FN6O2. The molecule has 0 aliphatic carbocycles. The maximum Gasteiger partial charge on any atom is 0.253 e. The van der Waals surface area contributed by atoms with E-state index in [1.165, 1.54) is 31.0 Å². The number of nitrogens with zero attached hydrogens (tertiary/aromatic N) is 5. The molecule has 3 aromatic rings. The van der Waals surface area contributed by atoms with Crippen LogP contribution < -0.4 is 5.32 Å². The Morgan fingerprint density at radius 3 is 2.75 bits per heavy atom. The van der Waals surface area contributed by atoms with Crippen molar-refractivity contribution in [2.24, 2.45) is 0 Å². The summed E-state index contributed by atoms with van der Waals surface area (Å²) in [5, 5.41) is 10.3. The molecule has 0 bridgehead atoms. The van der Waals surface area contributed by atoms with Crippen molar-refractivity contribution in [2.75, 3.05) is 6.54 Å². The summed E-state index contributed by atoms with van der Waals surface area (Å²) in [6, 6.07) is 9.19. The van der Waals surface area contributed by atoms with E-state index < -0.39 is 0 Å². The Labute approximate surface area is 160 Å². The minimum Gasteiger partial charge on any atom is -0.347 e. The number of carbonyl (C=O) groups excluding carboxylic acids is 2. The van der Waals surface area contributed by atoms with Gasteiger partial charge in [0.15, 0.2) is 0 Å². The summed E-state index contributed by atoms with van der Waals surface area (Å²) in [5.74, 6) is -0.112. The van der Waals surface area contributed by atoms with Crippen LogP contribution >= 0.6 is 0 Å². The highest BCUT2D eigenvalue weighted by Gasteiger charge is 2.30. The molecule has 1 saturated heterocycles. The van der Waals surface area contributed by atoms with E-state index in [4.69, 9.17) is 0 Å². The molecule has 8 nitrogen and oxygen atoms in total. The third kappa shape index (κ3) is 3.88. The molecule has 1 fully saturated rings. The molecule has 142 valence electrons. The summed E-state index contributed by atoms with van der Waals surface area (Å²) < 4.78 is 14.9. The standard InChI is InChI=1S/C19H17FN6O2/c20-15-3-1-2-13(6-15)9-25-10-16(7-18(25)27)24-19(28)14-4-5-17(21-8-14)26-11-22-23-12-26/h1-6,8,11-12,16H,7,9-10H2,(H,24,28). The van der Waals surface area contributed by atoms with Crippen LogP contribution in [0.1, 0.15) is 22.3 Å². The summed E-state index contributed by atoms with van der Waals surface area (Å²) in [5.41, 5.74) is 1.11. The molecule has 28 heavy (non-hydrogen) atoms. The molecule has 1 unspecified atom stereocenters. The number of nitrogens with one attached hydrogen (secondary N) is 1. The Morgan fingerprint density at radius 1 is 1.21 bits per heavy atom. The monoisotopic (exact) mass is 380 g/mol. The van der Waals surface area contributed by atoms with Crippen LogP contribution in [0, 0.1) is 5.82 Å². The number of aromatic nitrogens is 4. The molecule has 1 aromatic carbocycles. The number of carbonyl (C=O) groups is 2. The largest absolute Gasteiger partial charge is 0.347 e. The maximum atomic E-state index is 13.3. The van der Waals surface area contributed by atoms with Gasteiger partial charge in [-0.05, 0) is 29.8 Å². The summed E-state index contributed by atoms with van der Waals surface area (Å²) in [6.07, 6.45) is 4.71. The number of rotatable bonds is 5. The van der Waals surface area contributed by atoms with Gasteiger partial charge in [0.1, 0.15) is 24.3 Å². The second kappa shape index (κ2) is 7.55. The first-order chi connectivity index (χ1) is 13.6. The molecule has 0 spiro atoms. The van der Waals surface area contributed by atoms with Gasteiger partial charge in [-0.15, -0.1) is 10.2 Å². The minimum absolute atomic E-state index is 0.0735. The number of likely N-dealkylation sites (tertiary alicyclic amines) is 1. The number of pyridine rings is 1. The summed E-state index contributed by atoms with van der Waals surface area (Å²) >= 11 is 0. The molecule has 9 heteroatoms. The molecule has 1 N–H and O–H groups in total. The smallest absolute Gasteiger partial charge is 0.253 e. The topological polar surface area (TPSA) is 93.0 Å². The van der Waals surface area contributed by atoms with E-state index >= 15 is 0 Å².